The second-order valence-electron chi connectivity index (χ2n) is 6.07. The summed E-state index contributed by atoms with van der Waals surface area (Å²) in [7, 11) is -8.60. The standard InChI is InChI=1S/C15H22F3O6PS2/c1-10(2)23-25(19,24-11(3)4)9-22-27(20,21)14-12(5)7-6-8-13(14)26-15(16,17)18/h6-8,10-11H,9H2,1-5H3. The summed E-state index contributed by atoms with van der Waals surface area (Å²) >= 11 is -0.568. The molecular formula is C15H22F3O6PS2. The summed E-state index contributed by atoms with van der Waals surface area (Å²) in [4.78, 5) is -1.17. The van der Waals surface area contributed by atoms with Crippen LogP contribution in [0.15, 0.2) is 28.0 Å². The zero-order chi connectivity index (χ0) is 21.0. The number of hydrogen-bond donors (Lipinski definition) is 0. The van der Waals surface area contributed by atoms with E-state index < -0.39 is 63.3 Å². The monoisotopic (exact) mass is 450 g/mol. The van der Waals surface area contributed by atoms with Gasteiger partial charge in [-0.15, -0.1) is 0 Å². The van der Waals surface area contributed by atoms with Crippen LogP contribution in [-0.4, -0.2) is 32.5 Å². The van der Waals surface area contributed by atoms with Crippen molar-refractivity contribution in [3.63, 3.8) is 0 Å². The van der Waals surface area contributed by atoms with Crippen LogP contribution in [0, 0.1) is 6.92 Å². The number of aryl methyl sites for hydroxylation is 1. The lowest BCUT2D eigenvalue weighted by atomic mass is 10.2. The van der Waals surface area contributed by atoms with Crippen molar-refractivity contribution < 1.29 is 39.4 Å². The first-order chi connectivity index (χ1) is 12.2. The Bertz CT molecular complexity index is 779. The molecule has 1 rings (SSSR count). The second-order valence-corrected chi connectivity index (χ2v) is 10.6. The third kappa shape index (κ3) is 8.13. The molecule has 6 nitrogen and oxygen atoms in total. The fourth-order valence-electron chi connectivity index (χ4n) is 2.07. The quantitative estimate of drug-likeness (QED) is 0.286. The largest absolute Gasteiger partial charge is 0.446 e. The van der Waals surface area contributed by atoms with Crippen LogP contribution in [0.5, 0.6) is 0 Å². The topological polar surface area (TPSA) is 78.9 Å². The summed E-state index contributed by atoms with van der Waals surface area (Å²) in [5.41, 5.74) is -4.62. The molecule has 0 saturated carbocycles. The summed E-state index contributed by atoms with van der Waals surface area (Å²) in [6, 6.07) is 3.67. The van der Waals surface area contributed by atoms with E-state index in [2.05, 4.69) is 0 Å². The van der Waals surface area contributed by atoms with E-state index in [9.17, 15) is 26.2 Å². The van der Waals surface area contributed by atoms with E-state index in [0.29, 0.717) is 0 Å². The van der Waals surface area contributed by atoms with Crippen molar-refractivity contribution in [1.82, 2.24) is 0 Å². The Hall–Kier alpha value is -0.580. The molecule has 0 aromatic heterocycles. The van der Waals surface area contributed by atoms with Gasteiger partial charge in [-0.2, -0.15) is 21.6 Å². The van der Waals surface area contributed by atoms with Gasteiger partial charge in [0.05, 0.1) is 12.2 Å². The van der Waals surface area contributed by atoms with Gasteiger partial charge in [0.2, 0.25) is 0 Å². The van der Waals surface area contributed by atoms with Crippen LogP contribution in [-0.2, 0) is 27.9 Å². The lowest BCUT2D eigenvalue weighted by Gasteiger charge is -2.22. The highest BCUT2D eigenvalue weighted by atomic mass is 32.2. The number of halogens is 3. The average Bonchev–Trinajstić information content (AvgIpc) is 2.41. The van der Waals surface area contributed by atoms with Crippen molar-refractivity contribution in [2.75, 3.05) is 6.35 Å². The van der Waals surface area contributed by atoms with Crippen molar-refractivity contribution in [2.45, 2.75) is 62.1 Å². The lowest BCUT2D eigenvalue weighted by Crippen LogP contribution is -2.16. The maximum atomic E-state index is 12.7. The minimum absolute atomic E-state index is 0.0636. The van der Waals surface area contributed by atoms with Gasteiger partial charge in [-0.1, -0.05) is 12.1 Å². The first-order valence-electron chi connectivity index (χ1n) is 7.86. The van der Waals surface area contributed by atoms with Gasteiger partial charge < -0.3 is 9.05 Å². The van der Waals surface area contributed by atoms with Gasteiger partial charge in [0.1, 0.15) is 4.90 Å². The molecule has 0 atom stereocenters. The Kier molecular flexibility index (Phi) is 8.40. The third-order valence-corrected chi connectivity index (χ3v) is 7.26. The summed E-state index contributed by atoms with van der Waals surface area (Å²) in [6.07, 6.45) is -2.04. The predicted molar refractivity (Wildman–Crippen MR) is 96.3 cm³/mol. The maximum absolute atomic E-state index is 12.7. The van der Waals surface area contributed by atoms with E-state index in [1.807, 2.05) is 0 Å². The Balaban J connectivity index is 3.19. The van der Waals surface area contributed by atoms with E-state index >= 15 is 0 Å². The van der Waals surface area contributed by atoms with Gasteiger partial charge in [0, 0.05) is 4.90 Å². The molecule has 0 aliphatic rings. The summed E-state index contributed by atoms with van der Waals surface area (Å²) < 4.78 is 91.2. The molecule has 0 saturated heterocycles. The average molecular weight is 450 g/mol. The van der Waals surface area contributed by atoms with Gasteiger partial charge in [0.15, 0.2) is 6.35 Å². The Morgan fingerprint density at radius 2 is 1.63 bits per heavy atom. The SMILES string of the molecule is Cc1cccc(SC(F)(F)F)c1S(=O)(=O)OCP(=O)(OC(C)C)OC(C)C. The van der Waals surface area contributed by atoms with Crippen molar-refractivity contribution in [1.29, 1.82) is 0 Å². The number of benzene rings is 1. The van der Waals surface area contributed by atoms with Crippen molar-refractivity contribution in [2.24, 2.45) is 0 Å². The van der Waals surface area contributed by atoms with E-state index in [4.69, 9.17) is 13.2 Å². The van der Waals surface area contributed by atoms with Crippen LogP contribution in [0.25, 0.3) is 0 Å². The van der Waals surface area contributed by atoms with Crippen molar-refractivity contribution in [3.8, 4) is 0 Å². The highest BCUT2D eigenvalue weighted by Crippen LogP contribution is 2.51. The maximum Gasteiger partial charge on any atom is 0.446 e. The van der Waals surface area contributed by atoms with E-state index in [-0.39, 0.29) is 5.56 Å². The number of rotatable bonds is 9. The lowest BCUT2D eigenvalue weighted by molar-refractivity contribution is -0.0329. The Morgan fingerprint density at radius 3 is 2.07 bits per heavy atom. The Morgan fingerprint density at radius 1 is 1.11 bits per heavy atom. The first-order valence-corrected chi connectivity index (χ1v) is 11.8. The van der Waals surface area contributed by atoms with Gasteiger partial charge in [-0.05, 0) is 58.0 Å². The van der Waals surface area contributed by atoms with E-state index in [0.717, 1.165) is 6.07 Å². The molecule has 27 heavy (non-hydrogen) atoms. The Labute approximate surface area is 161 Å². The molecule has 0 aliphatic heterocycles. The molecule has 1 aromatic rings. The summed E-state index contributed by atoms with van der Waals surface area (Å²) in [6.45, 7) is 7.63. The van der Waals surface area contributed by atoms with Gasteiger partial charge in [-0.25, -0.2) is 0 Å². The molecule has 0 heterocycles. The molecular weight excluding hydrogens is 428 g/mol. The summed E-state index contributed by atoms with van der Waals surface area (Å²) in [5.74, 6) is 0. The highest BCUT2D eigenvalue weighted by Gasteiger charge is 2.36. The number of alkyl halides is 3. The molecule has 0 unspecified atom stereocenters. The summed E-state index contributed by atoms with van der Waals surface area (Å²) in [5, 5.41) is 0. The van der Waals surface area contributed by atoms with Crippen LogP contribution in [0.4, 0.5) is 13.2 Å². The molecule has 0 fully saturated rings. The van der Waals surface area contributed by atoms with E-state index in [1.54, 1.807) is 27.7 Å². The highest BCUT2D eigenvalue weighted by molar-refractivity contribution is 8.00. The zero-order valence-electron chi connectivity index (χ0n) is 15.4. The number of hydrogen-bond acceptors (Lipinski definition) is 7. The predicted octanol–water partition coefficient (Wildman–Crippen LogP) is 5.31. The van der Waals surface area contributed by atoms with Crippen LogP contribution in [0.3, 0.4) is 0 Å². The normalized spacial score (nSPS) is 13.6. The fourth-order valence-corrected chi connectivity index (χ4v) is 6.58. The number of thioether (sulfide) groups is 1. The molecule has 0 N–H and O–H groups in total. The van der Waals surface area contributed by atoms with Crippen LogP contribution >= 0.6 is 19.4 Å². The molecule has 0 spiro atoms. The van der Waals surface area contributed by atoms with Gasteiger partial charge in [0.25, 0.3) is 10.1 Å². The van der Waals surface area contributed by atoms with E-state index in [1.165, 1.54) is 19.1 Å². The zero-order valence-corrected chi connectivity index (χ0v) is 18.0. The molecule has 0 amide bonds. The second kappa shape index (κ2) is 9.28. The molecule has 0 bridgehead atoms. The van der Waals surface area contributed by atoms with Gasteiger partial charge >= 0.3 is 13.1 Å². The molecule has 0 aliphatic carbocycles. The third-order valence-electron chi connectivity index (χ3n) is 2.76. The molecule has 156 valence electrons. The van der Waals surface area contributed by atoms with Crippen LogP contribution < -0.4 is 0 Å². The fraction of sp³-hybridized carbons (Fsp3) is 0.600. The minimum atomic E-state index is -4.69. The molecule has 12 heteroatoms. The van der Waals surface area contributed by atoms with Gasteiger partial charge in [-0.3, -0.25) is 8.75 Å². The minimum Gasteiger partial charge on any atom is -0.304 e. The van der Waals surface area contributed by atoms with Crippen molar-refractivity contribution >= 4 is 29.5 Å². The smallest absolute Gasteiger partial charge is 0.304 e. The van der Waals surface area contributed by atoms with Crippen LogP contribution in [0.1, 0.15) is 33.3 Å². The molecule has 1 aromatic carbocycles. The first kappa shape index (κ1) is 24.5. The van der Waals surface area contributed by atoms with Crippen molar-refractivity contribution in [3.05, 3.63) is 23.8 Å². The molecule has 0 radical (unpaired) electrons. The van der Waals surface area contributed by atoms with Crippen LogP contribution in [0.2, 0.25) is 0 Å².